The van der Waals surface area contributed by atoms with Gasteiger partial charge in [-0.05, 0) is 26.0 Å². The molecule has 2 heterocycles. The molecule has 1 unspecified atom stereocenters. The molecule has 1 aromatic carbocycles. The Balaban J connectivity index is 2.13. The molecule has 0 radical (unpaired) electrons. The van der Waals surface area contributed by atoms with Crippen LogP contribution in [0, 0.1) is 6.92 Å². The molecule has 0 bridgehead atoms. The molecule has 0 amide bonds. The molecule has 1 N–H and O–H groups in total. The van der Waals surface area contributed by atoms with E-state index >= 15 is 0 Å². The number of aromatic nitrogens is 2. The first-order valence-electron chi connectivity index (χ1n) is 5.64. The number of fused-ring (bicyclic) bond motifs is 1. The molecule has 4 nitrogen and oxygen atoms in total. The van der Waals surface area contributed by atoms with Gasteiger partial charge in [0.05, 0.1) is 5.69 Å². The Hall–Kier alpha value is -1.72. The lowest BCUT2D eigenvalue weighted by Crippen LogP contribution is -1.89. The quantitative estimate of drug-likeness (QED) is 0.768. The predicted molar refractivity (Wildman–Crippen MR) is 70.5 cm³/mol. The SMILES string of the molecule is Cc1sc(C(C)O)nc1-c1ccc2ncoc2c1. The number of aryl methyl sites for hydroxylation is 1. The van der Waals surface area contributed by atoms with Crippen LogP contribution in [-0.2, 0) is 0 Å². The van der Waals surface area contributed by atoms with Gasteiger partial charge in [0.1, 0.15) is 16.6 Å². The van der Waals surface area contributed by atoms with Gasteiger partial charge in [-0.2, -0.15) is 0 Å². The number of nitrogens with zero attached hydrogens (tertiary/aromatic N) is 2. The monoisotopic (exact) mass is 260 g/mol. The molecule has 0 spiro atoms. The van der Waals surface area contributed by atoms with Crippen LogP contribution in [0.2, 0.25) is 0 Å². The van der Waals surface area contributed by atoms with Crippen LogP contribution < -0.4 is 0 Å². The van der Waals surface area contributed by atoms with Crippen molar-refractivity contribution in [1.29, 1.82) is 0 Å². The van der Waals surface area contributed by atoms with Gasteiger partial charge in [-0.1, -0.05) is 6.07 Å². The molecule has 0 aliphatic heterocycles. The van der Waals surface area contributed by atoms with Crippen LogP contribution in [0.4, 0.5) is 0 Å². The minimum absolute atomic E-state index is 0.531. The van der Waals surface area contributed by atoms with Crippen LogP contribution in [0.3, 0.4) is 0 Å². The van der Waals surface area contributed by atoms with Crippen molar-refractivity contribution in [3.05, 3.63) is 34.5 Å². The summed E-state index contributed by atoms with van der Waals surface area (Å²) in [5.74, 6) is 0. The van der Waals surface area contributed by atoms with Crippen molar-refractivity contribution < 1.29 is 9.52 Å². The molecule has 92 valence electrons. The molecular formula is C13H12N2O2S. The highest BCUT2D eigenvalue weighted by molar-refractivity contribution is 7.12. The fourth-order valence-corrected chi connectivity index (χ4v) is 2.75. The van der Waals surface area contributed by atoms with Gasteiger partial charge in [-0.15, -0.1) is 11.3 Å². The molecule has 3 aromatic rings. The van der Waals surface area contributed by atoms with E-state index in [2.05, 4.69) is 9.97 Å². The number of hydrogen-bond donors (Lipinski definition) is 1. The Bertz CT molecular complexity index is 700. The van der Waals surface area contributed by atoms with E-state index in [1.807, 2.05) is 25.1 Å². The highest BCUT2D eigenvalue weighted by Gasteiger charge is 2.13. The van der Waals surface area contributed by atoms with Gasteiger partial charge >= 0.3 is 0 Å². The minimum atomic E-state index is -0.531. The topological polar surface area (TPSA) is 59.2 Å². The first-order chi connectivity index (χ1) is 8.65. The fraction of sp³-hybridized carbons (Fsp3) is 0.231. The molecule has 18 heavy (non-hydrogen) atoms. The second-order valence-corrected chi connectivity index (χ2v) is 5.40. The van der Waals surface area contributed by atoms with Crippen molar-refractivity contribution in [3.8, 4) is 11.3 Å². The van der Waals surface area contributed by atoms with Crippen LogP contribution in [0.25, 0.3) is 22.4 Å². The van der Waals surface area contributed by atoms with Gasteiger partial charge in [-0.25, -0.2) is 9.97 Å². The first-order valence-corrected chi connectivity index (χ1v) is 6.46. The molecule has 0 fully saturated rings. The second kappa shape index (κ2) is 4.19. The summed E-state index contributed by atoms with van der Waals surface area (Å²) in [4.78, 5) is 9.65. The number of rotatable bonds is 2. The number of aliphatic hydroxyl groups is 1. The molecule has 0 aliphatic rings. The maximum absolute atomic E-state index is 9.57. The summed E-state index contributed by atoms with van der Waals surface area (Å²) in [5, 5.41) is 10.3. The van der Waals surface area contributed by atoms with Crippen LogP contribution in [0.15, 0.2) is 29.0 Å². The number of benzene rings is 1. The standard InChI is InChI=1S/C13H12N2O2S/c1-7(16)13-15-12(8(2)18-13)9-3-4-10-11(5-9)17-6-14-10/h3-7,16H,1-2H3. The Morgan fingerprint density at radius 3 is 2.94 bits per heavy atom. The highest BCUT2D eigenvalue weighted by atomic mass is 32.1. The zero-order valence-corrected chi connectivity index (χ0v) is 10.9. The molecule has 0 saturated heterocycles. The van der Waals surface area contributed by atoms with Gasteiger partial charge < -0.3 is 9.52 Å². The van der Waals surface area contributed by atoms with Crippen LogP contribution in [0.5, 0.6) is 0 Å². The third-order valence-corrected chi connectivity index (χ3v) is 3.92. The Morgan fingerprint density at radius 2 is 2.22 bits per heavy atom. The third kappa shape index (κ3) is 1.81. The van der Waals surface area contributed by atoms with Gasteiger partial charge in [-0.3, -0.25) is 0 Å². The van der Waals surface area contributed by atoms with Gasteiger partial charge in [0.15, 0.2) is 12.0 Å². The molecule has 1 atom stereocenters. The van der Waals surface area contributed by atoms with Gasteiger partial charge in [0, 0.05) is 10.4 Å². The van der Waals surface area contributed by atoms with E-state index in [1.54, 1.807) is 6.92 Å². The van der Waals surface area contributed by atoms with Crippen molar-refractivity contribution in [2.75, 3.05) is 0 Å². The van der Waals surface area contributed by atoms with E-state index < -0.39 is 6.10 Å². The van der Waals surface area contributed by atoms with Crippen molar-refractivity contribution in [2.45, 2.75) is 20.0 Å². The Labute approximate surface area is 108 Å². The van der Waals surface area contributed by atoms with Gasteiger partial charge in [0.25, 0.3) is 0 Å². The Morgan fingerprint density at radius 1 is 1.39 bits per heavy atom. The fourth-order valence-electron chi connectivity index (χ4n) is 1.87. The van der Waals surface area contributed by atoms with Crippen LogP contribution in [0.1, 0.15) is 22.9 Å². The van der Waals surface area contributed by atoms with E-state index in [1.165, 1.54) is 17.7 Å². The van der Waals surface area contributed by atoms with Crippen molar-refractivity contribution >= 4 is 22.4 Å². The summed E-state index contributed by atoms with van der Waals surface area (Å²) in [6, 6.07) is 5.81. The number of hydrogen-bond acceptors (Lipinski definition) is 5. The summed E-state index contributed by atoms with van der Waals surface area (Å²) >= 11 is 1.52. The lowest BCUT2D eigenvalue weighted by molar-refractivity contribution is 0.199. The average molecular weight is 260 g/mol. The molecule has 0 saturated carbocycles. The third-order valence-electron chi connectivity index (χ3n) is 2.78. The van der Waals surface area contributed by atoms with Gasteiger partial charge in [0.2, 0.25) is 0 Å². The molecule has 3 rings (SSSR count). The maximum atomic E-state index is 9.57. The van der Waals surface area contributed by atoms with E-state index in [0.29, 0.717) is 0 Å². The second-order valence-electron chi connectivity index (χ2n) is 4.17. The zero-order valence-electron chi connectivity index (χ0n) is 10.0. The average Bonchev–Trinajstić information content (AvgIpc) is 2.93. The summed E-state index contributed by atoms with van der Waals surface area (Å²) in [6.45, 7) is 3.73. The summed E-state index contributed by atoms with van der Waals surface area (Å²) < 4.78 is 5.29. The summed E-state index contributed by atoms with van der Waals surface area (Å²) in [7, 11) is 0. The molecule has 0 aliphatic carbocycles. The van der Waals surface area contributed by atoms with Crippen molar-refractivity contribution in [1.82, 2.24) is 9.97 Å². The normalized spacial score (nSPS) is 13.1. The maximum Gasteiger partial charge on any atom is 0.181 e. The zero-order chi connectivity index (χ0) is 12.7. The van der Waals surface area contributed by atoms with Crippen LogP contribution in [-0.4, -0.2) is 15.1 Å². The summed E-state index contributed by atoms with van der Waals surface area (Å²) in [6.07, 6.45) is 0.903. The first kappa shape index (κ1) is 11.4. The van der Waals surface area contributed by atoms with E-state index in [9.17, 15) is 5.11 Å². The van der Waals surface area contributed by atoms with Crippen LogP contribution >= 0.6 is 11.3 Å². The largest absolute Gasteiger partial charge is 0.443 e. The number of thiazole rings is 1. The number of aliphatic hydroxyl groups excluding tert-OH is 1. The van der Waals surface area contributed by atoms with Crippen molar-refractivity contribution in [3.63, 3.8) is 0 Å². The van der Waals surface area contributed by atoms with Crippen molar-refractivity contribution in [2.24, 2.45) is 0 Å². The Kier molecular flexibility index (Phi) is 2.65. The highest BCUT2D eigenvalue weighted by Crippen LogP contribution is 2.31. The minimum Gasteiger partial charge on any atom is -0.443 e. The van der Waals surface area contributed by atoms with E-state index in [4.69, 9.17) is 4.42 Å². The molecular weight excluding hydrogens is 248 g/mol. The molecule has 5 heteroatoms. The predicted octanol–water partition coefficient (Wildman–Crippen LogP) is 3.31. The summed E-state index contributed by atoms with van der Waals surface area (Å²) in [5.41, 5.74) is 3.47. The smallest absolute Gasteiger partial charge is 0.181 e. The number of oxazole rings is 1. The van der Waals surface area contributed by atoms with E-state index in [0.717, 1.165) is 32.2 Å². The lowest BCUT2D eigenvalue weighted by atomic mass is 10.1. The molecule has 2 aromatic heterocycles. The van der Waals surface area contributed by atoms with E-state index in [-0.39, 0.29) is 0 Å². The lowest BCUT2D eigenvalue weighted by Gasteiger charge is -1.98.